The SMILES string of the molecule is CCCC(Cc1nc(-c2cccs2)no1)NC. The van der Waals surface area contributed by atoms with E-state index in [0.717, 1.165) is 24.1 Å². The van der Waals surface area contributed by atoms with E-state index in [4.69, 9.17) is 4.52 Å². The molecule has 2 rings (SSSR count). The minimum atomic E-state index is 0.414. The summed E-state index contributed by atoms with van der Waals surface area (Å²) in [6.07, 6.45) is 3.06. The molecule has 1 unspecified atom stereocenters. The lowest BCUT2D eigenvalue weighted by atomic mass is 10.1. The number of nitrogens with zero attached hydrogens (tertiary/aromatic N) is 2. The fourth-order valence-electron chi connectivity index (χ4n) is 1.75. The van der Waals surface area contributed by atoms with Gasteiger partial charge in [0.1, 0.15) is 0 Å². The molecule has 0 amide bonds. The summed E-state index contributed by atoms with van der Waals surface area (Å²) in [5, 5.41) is 9.29. The number of hydrogen-bond acceptors (Lipinski definition) is 5. The van der Waals surface area contributed by atoms with Crippen LogP contribution in [0.1, 0.15) is 25.7 Å². The van der Waals surface area contributed by atoms with E-state index in [9.17, 15) is 0 Å². The van der Waals surface area contributed by atoms with Gasteiger partial charge in [-0.1, -0.05) is 24.6 Å². The molecule has 1 N–H and O–H groups in total. The molecule has 5 heteroatoms. The number of hydrogen-bond donors (Lipinski definition) is 1. The van der Waals surface area contributed by atoms with E-state index in [-0.39, 0.29) is 0 Å². The number of likely N-dealkylation sites (N-methyl/N-ethyl adjacent to an activating group) is 1. The van der Waals surface area contributed by atoms with Crippen LogP contribution in [0.15, 0.2) is 22.0 Å². The van der Waals surface area contributed by atoms with Crippen molar-refractivity contribution in [3.05, 3.63) is 23.4 Å². The Balaban J connectivity index is 2.03. The summed E-state index contributed by atoms with van der Waals surface area (Å²) in [6, 6.07) is 4.40. The molecule has 2 aromatic heterocycles. The Morgan fingerprint density at radius 3 is 3.06 bits per heavy atom. The van der Waals surface area contributed by atoms with Crippen LogP contribution in [0.25, 0.3) is 10.7 Å². The van der Waals surface area contributed by atoms with Gasteiger partial charge in [-0.15, -0.1) is 11.3 Å². The zero-order chi connectivity index (χ0) is 12.1. The highest BCUT2D eigenvalue weighted by Gasteiger charge is 2.13. The molecule has 17 heavy (non-hydrogen) atoms. The highest BCUT2D eigenvalue weighted by molar-refractivity contribution is 7.13. The molecule has 0 spiro atoms. The maximum Gasteiger partial charge on any atom is 0.228 e. The van der Waals surface area contributed by atoms with Crippen molar-refractivity contribution in [2.45, 2.75) is 32.2 Å². The average Bonchev–Trinajstić information content (AvgIpc) is 2.98. The van der Waals surface area contributed by atoms with E-state index in [1.54, 1.807) is 11.3 Å². The van der Waals surface area contributed by atoms with Crippen LogP contribution in [0.4, 0.5) is 0 Å². The minimum absolute atomic E-state index is 0.414. The molecule has 0 aliphatic heterocycles. The Bertz CT molecular complexity index is 438. The Morgan fingerprint density at radius 2 is 2.41 bits per heavy atom. The third-order valence-corrected chi connectivity index (χ3v) is 3.54. The molecule has 0 aromatic carbocycles. The molecular formula is C12H17N3OS. The van der Waals surface area contributed by atoms with Gasteiger partial charge < -0.3 is 9.84 Å². The van der Waals surface area contributed by atoms with Crippen molar-refractivity contribution < 1.29 is 4.52 Å². The molecule has 0 aliphatic carbocycles. The highest BCUT2D eigenvalue weighted by Crippen LogP contribution is 2.21. The van der Waals surface area contributed by atoms with Crippen molar-refractivity contribution >= 4 is 11.3 Å². The smallest absolute Gasteiger partial charge is 0.228 e. The second-order valence-electron chi connectivity index (χ2n) is 3.97. The van der Waals surface area contributed by atoms with E-state index in [1.165, 1.54) is 0 Å². The molecule has 0 aliphatic rings. The maximum atomic E-state index is 5.27. The molecule has 2 aromatic rings. The van der Waals surface area contributed by atoms with Crippen LogP contribution >= 0.6 is 11.3 Å². The normalized spacial score (nSPS) is 12.8. The Kier molecular flexibility index (Phi) is 4.28. The Morgan fingerprint density at radius 1 is 1.53 bits per heavy atom. The van der Waals surface area contributed by atoms with Gasteiger partial charge >= 0.3 is 0 Å². The van der Waals surface area contributed by atoms with Crippen LogP contribution in [-0.2, 0) is 6.42 Å². The molecule has 2 heterocycles. The van der Waals surface area contributed by atoms with Crippen molar-refractivity contribution in [1.29, 1.82) is 0 Å². The van der Waals surface area contributed by atoms with E-state index >= 15 is 0 Å². The van der Waals surface area contributed by atoms with E-state index in [0.29, 0.717) is 17.8 Å². The molecule has 0 fully saturated rings. The van der Waals surface area contributed by atoms with Crippen LogP contribution in [0.2, 0.25) is 0 Å². The summed E-state index contributed by atoms with van der Waals surface area (Å²) in [7, 11) is 1.97. The first-order valence-corrected chi connectivity index (χ1v) is 6.75. The lowest BCUT2D eigenvalue weighted by Gasteiger charge is -2.11. The number of nitrogens with one attached hydrogen (secondary N) is 1. The van der Waals surface area contributed by atoms with Gasteiger partial charge in [-0.2, -0.15) is 4.98 Å². The molecule has 0 saturated heterocycles. The molecule has 4 nitrogen and oxygen atoms in total. The fourth-order valence-corrected chi connectivity index (χ4v) is 2.40. The fraction of sp³-hybridized carbons (Fsp3) is 0.500. The van der Waals surface area contributed by atoms with Gasteiger partial charge in [0, 0.05) is 12.5 Å². The first kappa shape index (κ1) is 12.3. The summed E-state index contributed by atoms with van der Waals surface area (Å²) in [6.45, 7) is 2.18. The van der Waals surface area contributed by atoms with Gasteiger partial charge in [-0.25, -0.2) is 0 Å². The largest absolute Gasteiger partial charge is 0.339 e. The summed E-state index contributed by atoms with van der Waals surface area (Å²) in [5.74, 6) is 1.41. The summed E-state index contributed by atoms with van der Waals surface area (Å²) in [4.78, 5) is 5.47. The Hall–Kier alpha value is -1.20. The monoisotopic (exact) mass is 251 g/mol. The van der Waals surface area contributed by atoms with E-state index in [2.05, 4.69) is 22.4 Å². The maximum absolute atomic E-state index is 5.27. The first-order valence-electron chi connectivity index (χ1n) is 5.87. The van der Waals surface area contributed by atoms with Gasteiger partial charge in [-0.05, 0) is 24.9 Å². The topological polar surface area (TPSA) is 51.0 Å². The summed E-state index contributed by atoms with van der Waals surface area (Å²) < 4.78 is 5.27. The van der Waals surface area contributed by atoms with Crippen molar-refractivity contribution in [3.8, 4) is 10.7 Å². The third-order valence-electron chi connectivity index (χ3n) is 2.68. The van der Waals surface area contributed by atoms with E-state index in [1.807, 2.05) is 24.6 Å². The van der Waals surface area contributed by atoms with E-state index < -0.39 is 0 Å². The van der Waals surface area contributed by atoms with Crippen molar-refractivity contribution in [2.75, 3.05) is 7.05 Å². The van der Waals surface area contributed by atoms with Crippen LogP contribution in [-0.4, -0.2) is 23.2 Å². The summed E-state index contributed by atoms with van der Waals surface area (Å²) in [5.41, 5.74) is 0. The van der Waals surface area contributed by atoms with Gasteiger partial charge in [0.05, 0.1) is 4.88 Å². The zero-order valence-electron chi connectivity index (χ0n) is 10.1. The third kappa shape index (κ3) is 3.14. The predicted molar refractivity (Wildman–Crippen MR) is 69.1 cm³/mol. The van der Waals surface area contributed by atoms with Gasteiger partial charge in [0.2, 0.25) is 11.7 Å². The zero-order valence-corrected chi connectivity index (χ0v) is 11.0. The predicted octanol–water partition coefficient (Wildman–Crippen LogP) is 2.73. The number of rotatable bonds is 6. The number of thiophene rings is 1. The summed E-state index contributed by atoms with van der Waals surface area (Å²) >= 11 is 1.62. The molecule has 0 radical (unpaired) electrons. The quantitative estimate of drug-likeness (QED) is 0.857. The number of aromatic nitrogens is 2. The molecule has 1 atom stereocenters. The molecule has 0 saturated carbocycles. The van der Waals surface area contributed by atoms with Crippen molar-refractivity contribution in [3.63, 3.8) is 0 Å². The highest BCUT2D eigenvalue weighted by atomic mass is 32.1. The second-order valence-corrected chi connectivity index (χ2v) is 4.92. The van der Waals surface area contributed by atoms with Gasteiger partial charge in [-0.3, -0.25) is 0 Å². The average molecular weight is 251 g/mol. The second kappa shape index (κ2) is 5.93. The lowest BCUT2D eigenvalue weighted by molar-refractivity contribution is 0.356. The molecule has 0 bridgehead atoms. The Labute approximate surface area is 105 Å². The van der Waals surface area contributed by atoms with Crippen LogP contribution < -0.4 is 5.32 Å². The lowest BCUT2D eigenvalue weighted by Crippen LogP contribution is -2.27. The molecule has 92 valence electrons. The van der Waals surface area contributed by atoms with Crippen LogP contribution in [0.3, 0.4) is 0 Å². The van der Waals surface area contributed by atoms with Crippen molar-refractivity contribution in [2.24, 2.45) is 0 Å². The standard InChI is InChI=1S/C12H17N3OS/c1-3-5-9(13-2)8-11-14-12(15-16-11)10-6-4-7-17-10/h4,6-7,9,13H,3,5,8H2,1-2H3. The van der Waals surface area contributed by atoms with Gasteiger partial charge in [0.25, 0.3) is 0 Å². The van der Waals surface area contributed by atoms with Crippen LogP contribution in [0.5, 0.6) is 0 Å². The van der Waals surface area contributed by atoms with Gasteiger partial charge in [0.15, 0.2) is 0 Å². The first-order chi connectivity index (χ1) is 8.33. The molecular weight excluding hydrogens is 234 g/mol. The van der Waals surface area contributed by atoms with Crippen LogP contribution in [0, 0.1) is 0 Å². The minimum Gasteiger partial charge on any atom is -0.339 e. The van der Waals surface area contributed by atoms with Crippen molar-refractivity contribution in [1.82, 2.24) is 15.5 Å².